The van der Waals surface area contributed by atoms with Crippen LogP contribution in [0.3, 0.4) is 0 Å². The minimum Gasteiger partial charge on any atom is -0.363 e. The number of nitrogens with one attached hydrogen (secondary N) is 2. The molecule has 1 fully saturated rings. The molecule has 3 aromatic rings. The predicted molar refractivity (Wildman–Crippen MR) is 98.5 cm³/mol. The second-order valence-electron chi connectivity index (χ2n) is 6.42. The molecule has 1 saturated heterocycles. The average molecular weight is 342 g/mol. The van der Waals surface area contributed by atoms with Crippen LogP contribution < -0.4 is 5.32 Å². The van der Waals surface area contributed by atoms with Crippen molar-refractivity contribution in [2.45, 2.75) is 18.9 Å². The number of anilines is 1. The first-order valence-corrected chi connectivity index (χ1v) is 8.63. The molecule has 0 saturated carbocycles. The molecule has 0 bridgehead atoms. The smallest absolute Gasteiger partial charge is 0.173 e. The lowest BCUT2D eigenvalue weighted by Crippen LogP contribution is -2.40. The van der Waals surface area contributed by atoms with E-state index in [1.54, 1.807) is 0 Å². The Labute approximate surface area is 146 Å². The summed E-state index contributed by atoms with van der Waals surface area (Å²) in [5.41, 5.74) is 2.89. The van der Waals surface area contributed by atoms with Crippen molar-refractivity contribution in [2.24, 2.45) is 0 Å². The molecule has 4 rings (SSSR count). The summed E-state index contributed by atoms with van der Waals surface area (Å²) in [5.74, 6) is 0.827. The minimum atomic E-state index is 0.408. The quantitative estimate of drug-likeness (QED) is 0.761. The highest BCUT2D eigenvalue weighted by Crippen LogP contribution is 2.30. The van der Waals surface area contributed by atoms with Crippen molar-refractivity contribution >= 4 is 28.3 Å². The maximum Gasteiger partial charge on any atom is 0.173 e. The molecule has 2 aromatic heterocycles. The Balaban J connectivity index is 1.68. The van der Waals surface area contributed by atoms with Crippen LogP contribution in [0.5, 0.6) is 0 Å². The molecule has 0 aliphatic carbocycles. The molecule has 0 radical (unpaired) electrons. The first kappa shape index (κ1) is 15.4. The molecule has 0 amide bonds. The van der Waals surface area contributed by atoms with Gasteiger partial charge in [-0.05, 0) is 44.6 Å². The van der Waals surface area contributed by atoms with Gasteiger partial charge >= 0.3 is 0 Å². The fourth-order valence-electron chi connectivity index (χ4n) is 3.37. The van der Waals surface area contributed by atoms with Crippen molar-refractivity contribution in [2.75, 3.05) is 25.5 Å². The van der Waals surface area contributed by atoms with Crippen LogP contribution in [-0.2, 0) is 0 Å². The van der Waals surface area contributed by atoms with Crippen molar-refractivity contribution < 1.29 is 0 Å². The molecule has 3 heterocycles. The monoisotopic (exact) mass is 341 g/mol. The van der Waals surface area contributed by atoms with Gasteiger partial charge in [0.2, 0.25) is 0 Å². The van der Waals surface area contributed by atoms with E-state index >= 15 is 0 Å². The molecule has 1 aromatic carbocycles. The molecular formula is C18H20ClN5. The SMILES string of the molecule is CN1CCC[C@@H](Nc2nnc(-c3ccc(Cl)cc3)c3cc[nH]c23)C1. The summed E-state index contributed by atoms with van der Waals surface area (Å²) in [6.45, 7) is 2.19. The summed E-state index contributed by atoms with van der Waals surface area (Å²) >= 11 is 5.99. The normalized spacial score (nSPS) is 18.8. The van der Waals surface area contributed by atoms with Crippen LogP contribution in [0, 0.1) is 0 Å². The summed E-state index contributed by atoms with van der Waals surface area (Å²) in [6, 6.07) is 10.2. The highest BCUT2D eigenvalue weighted by molar-refractivity contribution is 6.30. The van der Waals surface area contributed by atoms with Crippen LogP contribution in [0.1, 0.15) is 12.8 Å². The summed E-state index contributed by atoms with van der Waals surface area (Å²) in [5, 5.41) is 14.3. The Hall–Kier alpha value is -2.11. The van der Waals surface area contributed by atoms with Crippen LogP contribution >= 0.6 is 11.6 Å². The largest absolute Gasteiger partial charge is 0.363 e. The van der Waals surface area contributed by atoms with Gasteiger partial charge in [-0.2, -0.15) is 0 Å². The molecule has 0 unspecified atom stereocenters. The molecular weight excluding hydrogens is 322 g/mol. The van der Waals surface area contributed by atoms with E-state index in [0.29, 0.717) is 6.04 Å². The Bertz CT molecular complexity index is 842. The Kier molecular flexibility index (Phi) is 4.12. The van der Waals surface area contributed by atoms with Gasteiger partial charge < -0.3 is 15.2 Å². The van der Waals surface area contributed by atoms with Crippen LogP contribution in [0.15, 0.2) is 36.5 Å². The van der Waals surface area contributed by atoms with Crippen LogP contribution in [0.25, 0.3) is 22.2 Å². The van der Waals surface area contributed by atoms with Crippen molar-refractivity contribution in [3.05, 3.63) is 41.6 Å². The minimum absolute atomic E-state index is 0.408. The van der Waals surface area contributed by atoms with Crippen LogP contribution in [0.2, 0.25) is 5.02 Å². The van der Waals surface area contributed by atoms with E-state index in [4.69, 9.17) is 11.6 Å². The van der Waals surface area contributed by atoms with Crippen LogP contribution in [-0.4, -0.2) is 46.3 Å². The van der Waals surface area contributed by atoms with E-state index in [1.165, 1.54) is 6.42 Å². The average Bonchev–Trinajstić information content (AvgIpc) is 3.06. The summed E-state index contributed by atoms with van der Waals surface area (Å²) in [4.78, 5) is 5.66. The summed E-state index contributed by atoms with van der Waals surface area (Å²) in [7, 11) is 2.16. The fraction of sp³-hybridized carbons (Fsp3) is 0.333. The van der Waals surface area contributed by atoms with Crippen molar-refractivity contribution in [1.82, 2.24) is 20.1 Å². The van der Waals surface area contributed by atoms with E-state index in [0.717, 1.165) is 52.5 Å². The number of hydrogen-bond acceptors (Lipinski definition) is 4. The summed E-state index contributed by atoms with van der Waals surface area (Å²) in [6.07, 6.45) is 4.30. The number of benzene rings is 1. The van der Waals surface area contributed by atoms with E-state index < -0.39 is 0 Å². The lowest BCUT2D eigenvalue weighted by molar-refractivity contribution is 0.261. The topological polar surface area (TPSA) is 56.8 Å². The molecule has 6 heteroatoms. The zero-order valence-corrected chi connectivity index (χ0v) is 14.3. The van der Waals surface area contributed by atoms with E-state index in [2.05, 4.69) is 32.4 Å². The van der Waals surface area contributed by atoms with Gasteiger partial charge in [-0.15, -0.1) is 10.2 Å². The van der Waals surface area contributed by atoms with Gasteiger partial charge in [-0.1, -0.05) is 23.7 Å². The third-order valence-electron chi connectivity index (χ3n) is 4.57. The van der Waals surface area contributed by atoms with Gasteiger partial charge in [0, 0.05) is 34.8 Å². The van der Waals surface area contributed by atoms with Crippen molar-refractivity contribution in [1.29, 1.82) is 0 Å². The van der Waals surface area contributed by atoms with Crippen molar-refractivity contribution in [3.63, 3.8) is 0 Å². The summed E-state index contributed by atoms with van der Waals surface area (Å²) < 4.78 is 0. The molecule has 5 nitrogen and oxygen atoms in total. The zero-order valence-electron chi connectivity index (χ0n) is 13.6. The highest BCUT2D eigenvalue weighted by atomic mass is 35.5. The molecule has 2 N–H and O–H groups in total. The third kappa shape index (κ3) is 2.97. The van der Waals surface area contributed by atoms with Gasteiger partial charge in [0.05, 0.1) is 5.52 Å². The number of H-pyrrole nitrogens is 1. The van der Waals surface area contributed by atoms with Gasteiger partial charge in [-0.25, -0.2) is 0 Å². The first-order valence-electron chi connectivity index (χ1n) is 8.25. The van der Waals surface area contributed by atoms with E-state index in [-0.39, 0.29) is 0 Å². The number of likely N-dealkylation sites (tertiary alicyclic amines) is 1. The van der Waals surface area contributed by atoms with Crippen molar-refractivity contribution in [3.8, 4) is 11.3 Å². The standard InChI is InChI=1S/C18H20ClN5/c1-24-10-2-3-14(11-24)21-18-17-15(8-9-20-17)16(22-23-18)12-4-6-13(19)7-5-12/h4-9,14,20H,2-3,10-11H2,1H3,(H,21,23)/t14-/m1/s1. The second-order valence-corrected chi connectivity index (χ2v) is 6.85. The maximum atomic E-state index is 5.99. The molecule has 24 heavy (non-hydrogen) atoms. The zero-order chi connectivity index (χ0) is 16.5. The lowest BCUT2D eigenvalue weighted by atomic mass is 10.1. The Morgan fingerprint density at radius 1 is 1.21 bits per heavy atom. The number of piperidine rings is 1. The number of likely N-dealkylation sites (N-methyl/N-ethyl adjacent to an activating group) is 1. The second kappa shape index (κ2) is 6.42. The molecule has 124 valence electrons. The number of nitrogens with zero attached hydrogens (tertiary/aromatic N) is 3. The van der Waals surface area contributed by atoms with Gasteiger partial charge in [0.1, 0.15) is 5.69 Å². The number of aromatic nitrogens is 3. The number of hydrogen-bond donors (Lipinski definition) is 2. The van der Waals surface area contributed by atoms with Gasteiger partial charge in [0.15, 0.2) is 5.82 Å². The van der Waals surface area contributed by atoms with E-state index in [1.807, 2.05) is 36.5 Å². The molecule has 0 spiro atoms. The third-order valence-corrected chi connectivity index (χ3v) is 4.82. The predicted octanol–water partition coefficient (Wildman–Crippen LogP) is 3.78. The highest BCUT2D eigenvalue weighted by Gasteiger charge is 2.19. The Morgan fingerprint density at radius 3 is 2.83 bits per heavy atom. The number of fused-ring (bicyclic) bond motifs is 1. The number of halogens is 1. The first-order chi connectivity index (χ1) is 11.7. The molecule has 1 atom stereocenters. The molecule has 1 aliphatic heterocycles. The Morgan fingerprint density at radius 2 is 2.04 bits per heavy atom. The number of rotatable bonds is 3. The lowest BCUT2D eigenvalue weighted by Gasteiger charge is -2.30. The maximum absolute atomic E-state index is 5.99. The molecule has 1 aliphatic rings. The van der Waals surface area contributed by atoms with E-state index in [9.17, 15) is 0 Å². The van der Waals surface area contributed by atoms with Crippen LogP contribution in [0.4, 0.5) is 5.82 Å². The van der Waals surface area contributed by atoms with Gasteiger partial charge in [0.25, 0.3) is 0 Å². The fourth-order valence-corrected chi connectivity index (χ4v) is 3.49. The number of aromatic amines is 1. The van der Waals surface area contributed by atoms with Gasteiger partial charge in [-0.3, -0.25) is 0 Å².